The molecule has 3 aromatic rings. The summed E-state index contributed by atoms with van der Waals surface area (Å²) in [6, 6.07) is 21.4. The minimum atomic E-state index is -3.95. The predicted octanol–water partition coefficient (Wildman–Crippen LogP) is 3.40. The van der Waals surface area contributed by atoms with E-state index in [4.69, 9.17) is 4.74 Å². The van der Waals surface area contributed by atoms with E-state index >= 15 is 0 Å². The standard InChI is InChI=1S/C23H24N2O5S2/c1-18-8-14-22(15-9-18)32(28,29)25-17-16-24(31(26,27)21-6-4-3-5-7-21)23(25)19-10-12-20(30-2)13-11-19/h3-15,23H,16-17H2,1-2H3/t23-/m0/s1. The largest absolute Gasteiger partial charge is 0.497 e. The van der Waals surface area contributed by atoms with E-state index in [1.807, 2.05) is 6.92 Å². The first-order valence-electron chi connectivity index (χ1n) is 10.0. The van der Waals surface area contributed by atoms with Gasteiger partial charge in [0.15, 0.2) is 0 Å². The van der Waals surface area contributed by atoms with Crippen LogP contribution in [0.2, 0.25) is 0 Å². The Bertz CT molecular complexity index is 1290. The number of methoxy groups -OCH3 is 1. The van der Waals surface area contributed by atoms with Crippen molar-refractivity contribution in [3.05, 3.63) is 90.0 Å². The second kappa shape index (κ2) is 8.67. The van der Waals surface area contributed by atoms with Crippen LogP contribution in [-0.4, -0.2) is 45.6 Å². The van der Waals surface area contributed by atoms with Gasteiger partial charge in [0.05, 0.1) is 16.9 Å². The molecule has 0 amide bonds. The molecule has 168 valence electrons. The van der Waals surface area contributed by atoms with E-state index in [9.17, 15) is 16.8 Å². The summed E-state index contributed by atoms with van der Waals surface area (Å²) in [5, 5.41) is 0. The molecule has 32 heavy (non-hydrogen) atoms. The van der Waals surface area contributed by atoms with Crippen molar-refractivity contribution in [1.29, 1.82) is 0 Å². The van der Waals surface area contributed by atoms with Gasteiger partial charge in [-0.1, -0.05) is 48.0 Å². The molecule has 0 aliphatic carbocycles. The van der Waals surface area contributed by atoms with Crippen LogP contribution in [0.15, 0.2) is 88.7 Å². The molecular weight excluding hydrogens is 448 g/mol. The molecule has 0 aromatic heterocycles. The lowest BCUT2D eigenvalue weighted by Gasteiger charge is -2.29. The molecule has 0 N–H and O–H groups in total. The average molecular weight is 473 g/mol. The fraction of sp³-hybridized carbons (Fsp3) is 0.217. The van der Waals surface area contributed by atoms with Gasteiger partial charge >= 0.3 is 0 Å². The van der Waals surface area contributed by atoms with Crippen molar-refractivity contribution in [2.45, 2.75) is 22.9 Å². The van der Waals surface area contributed by atoms with E-state index in [0.717, 1.165) is 5.56 Å². The molecule has 4 rings (SSSR count). The fourth-order valence-corrected chi connectivity index (χ4v) is 6.99. The van der Waals surface area contributed by atoms with Crippen LogP contribution in [0.4, 0.5) is 0 Å². The highest BCUT2D eigenvalue weighted by molar-refractivity contribution is 7.90. The van der Waals surface area contributed by atoms with Gasteiger partial charge in [-0.3, -0.25) is 0 Å². The fourth-order valence-electron chi connectivity index (χ4n) is 3.77. The van der Waals surface area contributed by atoms with Gasteiger partial charge < -0.3 is 4.74 Å². The number of nitrogens with zero attached hydrogens (tertiary/aromatic N) is 2. The van der Waals surface area contributed by atoms with E-state index in [1.165, 1.54) is 27.9 Å². The lowest BCUT2D eigenvalue weighted by atomic mass is 10.2. The van der Waals surface area contributed by atoms with Crippen LogP contribution in [0.3, 0.4) is 0 Å². The maximum atomic E-state index is 13.5. The molecule has 0 spiro atoms. The van der Waals surface area contributed by atoms with Gasteiger partial charge in [-0.25, -0.2) is 16.8 Å². The smallest absolute Gasteiger partial charge is 0.244 e. The molecule has 1 atom stereocenters. The van der Waals surface area contributed by atoms with Gasteiger partial charge in [-0.05, 0) is 48.9 Å². The molecule has 3 aromatic carbocycles. The summed E-state index contributed by atoms with van der Waals surface area (Å²) >= 11 is 0. The highest BCUT2D eigenvalue weighted by Gasteiger charge is 2.46. The zero-order valence-electron chi connectivity index (χ0n) is 17.7. The topological polar surface area (TPSA) is 84.0 Å². The minimum Gasteiger partial charge on any atom is -0.497 e. The van der Waals surface area contributed by atoms with Crippen molar-refractivity contribution in [2.75, 3.05) is 20.2 Å². The second-order valence-corrected chi connectivity index (χ2v) is 11.3. The molecule has 9 heteroatoms. The number of hydrogen-bond acceptors (Lipinski definition) is 5. The average Bonchev–Trinajstić information content (AvgIpc) is 3.27. The molecule has 0 unspecified atom stereocenters. The number of sulfonamides is 2. The van der Waals surface area contributed by atoms with Gasteiger partial charge in [0.1, 0.15) is 11.9 Å². The second-order valence-electron chi connectivity index (χ2n) is 7.50. The van der Waals surface area contributed by atoms with Crippen LogP contribution in [0.25, 0.3) is 0 Å². The van der Waals surface area contributed by atoms with E-state index in [-0.39, 0.29) is 22.9 Å². The summed E-state index contributed by atoms with van der Waals surface area (Å²) in [5.41, 5.74) is 1.48. The van der Waals surface area contributed by atoms with Gasteiger partial charge in [-0.15, -0.1) is 0 Å². The minimum absolute atomic E-state index is 0.0406. The van der Waals surface area contributed by atoms with Crippen LogP contribution >= 0.6 is 0 Å². The highest BCUT2D eigenvalue weighted by Crippen LogP contribution is 2.39. The third-order valence-corrected chi connectivity index (χ3v) is 9.21. The number of ether oxygens (including phenoxy) is 1. The molecule has 7 nitrogen and oxygen atoms in total. The third kappa shape index (κ3) is 4.04. The molecule has 1 aliphatic rings. The summed E-state index contributed by atoms with van der Waals surface area (Å²) in [4.78, 5) is 0.244. The normalized spacial score (nSPS) is 18.0. The molecule has 1 aliphatic heterocycles. The van der Waals surface area contributed by atoms with Gasteiger partial charge in [0.2, 0.25) is 20.0 Å². The summed E-state index contributed by atoms with van der Waals surface area (Å²) in [6.45, 7) is 1.96. The zero-order chi connectivity index (χ0) is 22.9. The monoisotopic (exact) mass is 472 g/mol. The Hall–Kier alpha value is -2.72. The predicted molar refractivity (Wildman–Crippen MR) is 121 cm³/mol. The quantitative estimate of drug-likeness (QED) is 0.549. The molecule has 1 fully saturated rings. The first-order valence-corrected chi connectivity index (χ1v) is 12.9. The summed E-state index contributed by atoms with van der Waals surface area (Å²) in [7, 11) is -6.35. The maximum Gasteiger partial charge on any atom is 0.244 e. The number of rotatable bonds is 6. The molecule has 0 saturated carbocycles. The summed E-state index contributed by atoms with van der Waals surface area (Å²) in [6.07, 6.45) is -1.02. The molecule has 1 saturated heterocycles. The summed E-state index contributed by atoms with van der Waals surface area (Å²) < 4.78 is 61.7. The van der Waals surface area contributed by atoms with Crippen LogP contribution in [0.5, 0.6) is 5.75 Å². The van der Waals surface area contributed by atoms with E-state index in [1.54, 1.807) is 66.7 Å². The number of hydrogen-bond donors (Lipinski definition) is 0. The Kier molecular flexibility index (Phi) is 6.09. The Labute approximate surface area is 189 Å². The Morgan fingerprint density at radius 2 is 1.22 bits per heavy atom. The van der Waals surface area contributed by atoms with E-state index in [0.29, 0.717) is 11.3 Å². The first kappa shape index (κ1) is 22.5. The first-order chi connectivity index (χ1) is 15.2. The van der Waals surface area contributed by atoms with Crippen molar-refractivity contribution in [1.82, 2.24) is 8.61 Å². The number of aryl methyl sites for hydroxylation is 1. The molecule has 0 radical (unpaired) electrons. The van der Waals surface area contributed by atoms with Crippen LogP contribution in [0.1, 0.15) is 17.3 Å². The van der Waals surface area contributed by atoms with Gasteiger partial charge in [0, 0.05) is 13.1 Å². The van der Waals surface area contributed by atoms with Crippen molar-refractivity contribution >= 4 is 20.0 Å². The molecular formula is C23H24N2O5S2. The number of benzene rings is 3. The van der Waals surface area contributed by atoms with E-state index in [2.05, 4.69) is 0 Å². The Morgan fingerprint density at radius 3 is 1.72 bits per heavy atom. The van der Waals surface area contributed by atoms with Crippen LogP contribution in [-0.2, 0) is 20.0 Å². The zero-order valence-corrected chi connectivity index (χ0v) is 19.4. The third-order valence-electron chi connectivity index (χ3n) is 5.48. The van der Waals surface area contributed by atoms with Crippen molar-refractivity contribution in [3.8, 4) is 5.75 Å². The van der Waals surface area contributed by atoms with Gasteiger partial charge in [-0.2, -0.15) is 8.61 Å². The lowest BCUT2D eigenvalue weighted by Crippen LogP contribution is -2.38. The lowest BCUT2D eigenvalue weighted by molar-refractivity contribution is 0.291. The molecule has 0 bridgehead atoms. The van der Waals surface area contributed by atoms with Crippen molar-refractivity contribution in [2.24, 2.45) is 0 Å². The Balaban J connectivity index is 1.82. The SMILES string of the molecule is COc1ccc([C@H]2N(S(=O)(=O)c3ccccc3)CCN2S(=O)(=O)c2ccc(C)cc2)cc1. The van der Waals surface area contributed by atoms with E-state index < -0.39 is 26.2 Å². The molecule has 1 heterocycles. The van der Waals surface area contributed by atoms with Crippen molar-refractivity contribution < 1.29 is 21.6 Å². The summed E-state index contributed by atoms with van der Waals surface area (Å²) in [5.74, 6) is 0.595. The van der Waals surface area contributed by atoms with Crippen LogP contribution < -0.4 is 4.74 Å². The van der Waals surface area contributed by atoms with Gasteiger partial charge in [0.25, 0.3) is 0 Å². The Morgan fingerprint density at radius 1 is 0.719 bits per heavy atom. The van der Waals surface area contributed by atoms with Crippen molar-refractivity contribution in [3.63, 3.8) is 0 Å². The highest BCUT2D eigenvalue weighted by atomic mass is 32.2. The van der Waals surface area contributed by atoms with Crippen LogP contribution in [0, 0.1) is 6.92 Å². The maximum absolute atomic E-state index is 13.5.